The van der Waals surface area contributed by atoms with Crippen molar-refractivity contribution < 1.29 is 13.9 Å². The van der Waals surface area contributed by atoms with Crippen LogP contribution in [0.2, 0.25) is 0 Å². The number of aldehydes is 1. The number of aromatic nitrogens is 1. The summed E-state index contributed by atoms with van der Waals surface area (Å²) in [6, 6.07) is 21.3. The number of carbonyl (C=O) groups is 1. The minimum absolute atomic E-state index is 0.0835. The van der Waals surface area contributed by atoms with E-state index >= 15 is 0 Å². The molecule has 0 saturated heterocycles. The summed E-state index contributed by atoms with van der Waals surface area (Å²) in [6.07, 6.45) is 0.552. The highest BCUT2D eigenvalue weighted by Gasteiger charge is 2.18. The van der Waals surface area contributed by atoms with Crippen LogP contribution in [0.15, 0.2) is 66.7 Å². The van der Waals surface area contributed by atoms with E-state index in [2.05, 4.69) is 4.98 Å². The number of hydrogen-bond donors (Lipinski definition) is 0. The van der Waals surface area contributed by atoms with Gasteiger partial charge in [0, 0.05) is 25.6 Å². The molecule has 0 amide bonds. The zero-order valence-electron chi connectivity index (χ0n) is 15.1. The molecule has 0 aliphatic carbocycles. The lowest BCUT2D eigenvalue weighted by Gasteiger charge is -2.26. The number of hydrogen-bond acceptors (Lipinski definition) is 4. The van der Waals surface area contributed by atoms with Gasteiger partial charge in [0.15, 0.2) is 0 Å². The van der Waals surface area contributed by atoms with E-state index in [1.807, 2.05) is 65.6 Å². The minimum Gasteiger partial charge on any atom is -0.480 e. The van der Waals surface area contributed by atoms with Crippen LogP contribution in [0.5, 0.6) is 5.88 Å². The van der Waals surface area contributed by atoms with E-state index in [4.69, 9.17) is 4.74 Å². The van der Waals surface area contributed by atoms with Crippen molar-refractivity contribution in [1.82, 2.24) is 4.98 Å². The number of nitrogens with zero attached hydrogens (tertiary/aromatic N) is 2. The molecule has 1 heterocycles. The maximum atomic E-state index is 14.5. The number of rotatable bonds is 8. The predicted molar refractivity (Wildman–Crippen MR) is 103 cm³/mol. The molecule has 3 rings (SSSR count). The number of anilines is 1. The molecule has 2 aromatic carbocycles. The molecule has 0 atom stereocenters. The van der Waals surface area contributed by atoms with Gasteiger partial charge in [0.2, 0.25) is 5.88 Å². The topological polar surface area (TPSA) is 42.4 Å². The van der Waals surface area contributed by atoms with Crippen LogP contribution in [-0.2, 0) is 24.3 Å². The van der Waals surface area contributed by atoms with Gasteiger partial charge in [-0.05, 0) is 11.1 Å². The molecule has 1 aromatic heterocycles. The van der Waals surface area contributed by atoms with Gasteiger partial charge in [-0.25, -0.2) is 9.37 Å². The first kappa shape index (κ1) is 18.6. The van der Waals surface area contributed by atoms with Gasteiger partial charge in [0.1, 0.15) is 17.8 Å². The van der Waals surface area contributed by atoms with E-state index in [1.165, 1.54) is 13.2 Å². The Balaban J connectivity index is 2.00. The fraction of sp³-hybridized carbons (Fsp3) is 0.182. The van der Waals surface area contributed by atoms with Crippen molar-refractivity contribution in [3.63, 3.8) is 0 Å². The molecule has 0 saturated carbocycles. The van der Waals surface area contributed by atoms with Crippen LogP contribution in [-0.4, -0.2) is 18.4 Å². The molecule has 3 aromatic rings. The van der Waals surface area contributed by atoms with Crippen molar-refractivity contribution in [2.24, 2.45) is 0 Å². The first-order valence-electron chi connectivity index (χ1n) is 8.71. The summed E-state index contributed by atoms with van der Waals surface area (Å²) in [7, 11) is 1.50. The van der Waals surface area contributed by atoms with Crippen LogP contribution in [0, 0.1) is 5.82 Å². The molecule has 138 valence electrons. The lowest BCUT2D eigenvalue weighted by molar-refractivity contribution is -0.107. The standard InChI is InChI=1S/C22H21FN2O2/c1-27-22-21(14-19(23)20(24-22)12-13-26)25(15-17-8-4-2-5-9-17)16-18-10-6-3-7-11-18/h2-11,13-14H,12,15-16H2,1H3. The molecule has 0 bridgehead atoms. The fourth-order valence-corrected chi connectivity index (χ4v) is 2.93. The van der Waals surface area contributed by atoms with E-state index in [-0.39, 0.29) is 12.1 Å². The van der Waals surface area contributed by atoms with Crippen molar-refractivity contribution in [2.75, 3.05) is 12.0 Å². The highest BCUT2D eigenvalue weighted by molar-refractivity contribution is 5.59. The molecular weight excluding hydrogens is 343 g/mol. The summed E-state index contributed by atoms with van der Waals surface area (Å²) in [5.41, 5.74) is 2.82. The summed E-state index contributed by atoms with van der Waals surface area (Å²) in [4.78, 5) is 17.0. The molecule has 27 heavy (non-hydrogen) atoms. The van der Waals surface area contributed by atoms with Gasteiger partial charge < -0.3 is 14.4 Å². The smallest absolute Gasteiger partial charge is 0.237 e. The second-order valence-corrected chi connectivity index (χ2v) is 6.14. The van der Waals surface area contributed by atoms with Crippen molar-refractivity contribution in [1.29, 1.82) is 0 Å². The normalized spacial score (nSPS) is 10.4. The monoisotopic (exact) mass is 364 g/mol. The Bertz CT molecular complexity index is 844. The van der Waals surface area contributed by atoms with E-state index in [1.54, 1.807) is 0 Å². The molecule has 0 spiro atoms. The quantitative estimate of drug-likeness (QED) is 0.563. The molecule has 5 heteroatoms. The second kappa shape index (κ2) is 8.94. The maximum absolute atomic E-state index is 14.5. The predicted octanol–water partition coefficient (Wildman–Crippen LogP) is 4.18. The molecule has 0 aliphatic heterocycles. The molecule has 0 radical (unpaired) electrons. The minimum atomic E-state index is -0.510. The van der Waals surface area contributed by atoms with Gasteiger partial charge in [-0.3, -0.25) is 0 Å². The Morgan fingerprint density at radius 1 is 1.00 bits per heavy atom. The molecule has 4 nitrogen and oxygen atoms in total. The van der Waals surface area contributed by atoms with Crippen molar-refractivity contribution >= 4 is 12.0 Å². The average Bonchev–Trinajstić information content (AvgIpc) is 2.70. The van der Waals surface area contributed by atoms with Crippen LogP contribution in [0.3, 0.4) is 0 Å². The number of benzene rings is 2. The summed E-state index contributed by atoms with van der Waals surface area (Å²) < 4.78 is 19.9. The van der Waals surface area contributed by atoms with E-state index < -0.39 is 5.82 Å². The zero-order valence-corrected chi connectivity index (χ0v) is 15.1. The summed E-state index contributed by atoms with van der Waals surface area (Å²) in [6.45, 7) is 1.14. The third-order valence-corrected chi connectivity index (χ3v) is 4.24. The van der Waals surface area contributed by atoms with Crippen LogP contribution >= 0.6 is 0 Å². The van der Waals surface area contributed by atoms with Crippen LogP contribution in [0.4, 0.5) is 10.1 Å². The molecule has 0 aliphatic rings. The van der Waals surface area contributed by atoms with Gasteiger partial charge in [-0.1, -0.05) is 60.7 Å². The number of ether oxygens (including phenoxy) is 1. The number of pyridine rings is 1. The largest absolute Gasteiger partial charge is 0.480 e. The van der Waals surface area contributed by atoms with Crippen molar-refractivity contribution in [3.05, 3.63) is 89.4 Å². The number of carbonyl (C=O) groups excluding carboxylic acids is 1. The fourth-order valence-electron chi connectivity index (χ4n) is 2.93. The third-order valence-electron chi connectivity index (χ3n) is 4.24. The summed E-state index contributed by atoms with van der Waals surface area (Å²) in [5.74, 6) is -0.205. The lowest BCUT2D eigenvalue weighted by atomic mass is 10.1. The van der Waals surface area contributed by atoms with Crippen LogP contribution in [0.1, 0.15) is 16.8 Å². The number of methoxy groups -OCH3 is 1. The Kier molecular flexibility index (Phi) is 6.15. The molecular formula is C22H21FN2O2. The Labute approximate surface area is 158 Å². The lowest BCUT2D eigenvalue weighted by Crippen LogP contribution is -2.23. The SMILES string of the molecule is COc1nc(CC=O)c(F)cc1N(Cc1ccccc1)Cc1ccccc1. The first-order chi connectivity index (χ1) is 13.2. The van der Waals surface area contributed by atoms with E-state index in [0.29, 0.717) is 30.9 Å². The van der Waals surface area contributed by atoms with Crippen molar-refractivity contribution in [3.8, 4) is 5.88 Å². The molecule has 0 fully saturated rings. The van der Waals surface area contributed by atoms with E-state index in [9.17, 15) is 9.18 Å². The van der Waals surface area contributed by atoms with Gasteiger partial charge in [-0.15, -0.1) is 0 Å². The third kappa shape index (κ3) is 4.70. The average molecular weight is 364 g/mol. The van der Waals surface area contributed by atoms with Gasteiger partial charge >= 0.3 is 0 Å². The van der Waals surface area contributed by atoms with Gasteiger partial charge in [0.25, 0.3) is 0 Å². The molecule has 0 unspecified atom stereocenters. The molecule has 0 N–H and O–H groups in total. The first-order valence-corrected chi connectivity index (χ1v) is 8.71. The highest BCUT2D eigenvalue weighted by atomic mass is 19.1. The van der Waals surface area contributed by atoms with Gasteiger partial charge in [-0.2, -0.15) is 0 Å². The van der Waals surface area contributed by atoms with Crippen LogP contribution < -0.4 is 9.64 Å². The second-order valence-electron chi connectivity index (χ2n) is 6.14. The van der Waals surface area contributed by atoms with Crippen molar-refractivity contribution in [2.45, 2.75) is 19.5 Å². The Hall–Kier alpha value is -3.21. The zero-order chi connectivity index (χ0) is 19.1. The number of halogens is 1. The maximum Gasteiger partial charge on any atom is 0.237 e. The highest BCUT2D eigenvalue weighted by Crippen LogP contribution is 2.31. The Morgan fingerprint density at radius 3 is 2.04 bits per heavy atom. The van der Waals surface area contributed by atoms with Crippen LogP contribution in [0.25, 0.3) is 0 Å². The van der Waals surface area contributed by atoms with E-state index in [0.717, 1.165) is 11.1 Å². The summed E-state index contributed by atoms with van der Waals surface area (Å²) in [5, 5.41) is 0. The summed E-state index contributed by atoms with van der Waals surface area (Å²) >= 11 is 0. The Morgan fingerprint density at radius 2 is 1.56 bits per heavy atom. The van der Waals surface area contributed by atoms with Gasteiger partial charge in [0.05, 0.1) is 12.8 Å².